The molecule has 2 N–H and O–H groups in total. The van der Waals surface area contributed by atoms with E-state index < -0.39 is 36.5 Å². The van der Waals surface area contributed by atoms with E-state index in [1.54, 1.807) is 0 Å². The molecule has 0 aromatic rings. The molecule has 0 aromatic heterocycles. The zero-order valence-corrected chi connectivity index (χ0v) is 47.8. The van der Waals surface area contributed by atoms with E-state index in [1.807, 2.05) is 0 Å². The molecule has 1 rings (SSSR count). The first-order chi connectivity index (χ1) is 35.1. The number of aliphatic hydroxyl groups excluding tert-OH is 2. The van der Waals surface area contributed by atoms with Gasteiger partial charge in [0.1, 0.15) is 13.2 Å². The zero-order valence-electron chi connectivity index (χ0n) is 47.8. The second-order valence-electron chi connectivity index (χ2n) is 23.1. The second kappa shape index (κ2) is 54.8. The smallest absolute Gasteiger partial charge is 0.309 e. The van der Waals surface area contributed by atoms with Crippen LogP contribution in [0.1, 0.15) is 354 Å². The van der Waals surface area contributed by atoms with Crippen molar-refractivity contribution in [3.63, 3.8) is 0 Å². The lowest BCUT2D eigenvalue weighted by atomic mass is 9.92. The lowest BCUT2D eigenvalue weighted by Gasteiger charge is -2.27. The lowest BCUT2D eigenvalue weighted by Crippen LogP contribution is -2.40. The summed E-state index contributed by atoms with van der Waals surface area (Å²) in [5, 5.41) is 19.2. The number of aliphatic hydroxyl groups is 2. The van der Waals surface area contributed by atoms with E-state index in [9.17, 15) is 19.8 Å². The third-order valence-corrected chi connectivity index (χ3v) is 16.0. The Bertz CT molecular complexity index is 1120. The van der Waals surface area contributed by atoms with Crippen LogP contribution in [0.25, 0.3) is 0 Å². The van der Waals surface area contributed by atoms with Crippen molar-refractivity contribution in [1.29, 1.82) is 0 Å². The molecule has 1 atom stereocenters. The van der Waals surface area contributed by atoms with E-state index in [-0.39, 0.29) is 19.6 Å². The highest BCUT2D eigenvalue weighted by Crippen LogP contribution is 2.25. The normalized spacial score (nSPS) is 15.3. The van der Waals surface area contributed by atoms with E-state index in [0.717, 1.165) is 19.3 Å². The van der Waals surface area contributed by atoms with Crippen LogP contribution in [-0.4, -0.2) is 48.6 Å². The van der Waals surface area contributed by atoms with Crippen molar-refractivity contribution in [2.75, 3.05) is 26.4 Å². The molecule has 0 aromatic carbocycles. The van der Waals surface area contributed by atoms with E-state index in [0.29, 0.717) is 6.42 Å². The summed E-state index contributed by atoms with van der Waals surface area (Å²) < 4.78 is 10.6. The number of carbonyl (C=O) groups excluding carboxylic acids is 2. The third kappa shape index (κ3) is 46.8. The van der Waals surface area contributed by atoms with Gasteiger partial charge in [0.05, 0.1) is 31.0 Å². The monoisotopic (exact) mass is 1000 g/mol. The molecule has 0 spiro atoms. The van der Waals surface area contributed by atoms with Gasteiger partial charge in [-0.2, -0.15) is 0 Å². The Morgan fingerprint density at radius 2 is 0.606 bits per heavy atom. The molecule has 1 saturated heterocycles. The molecule has 71 heavy (non-hydrogen) atoms. The highest BCUT2D eigenvalue weighted by molar-refractivity contribution is 5.80. The van der Waals surface area contributed by atoms with E-state index in [1.165, 1.54) is 315 Å². The average Bonchev–Trinajstić information content (AvgIpc) is 3.44. The van der Waals surface area contributed by atoms with Crippen molar-refractivity contribution in [2.24, 2.45) is 11.3 Å². The topological polar surface area (TPSA) is 93.1 Å². The first-order valence-corrected chi connectivity index (χ1v) is 32.3. The summed E-state index contributed by atoms with van der Waals surface area (Å²) in [5.74, 6) is -1.40. The van der Waals surface area contributed by atoms with Crippen LogP contribution < -0.4 is 0 Å². The van der Waals surface area contributed by atoms with E-state index >= 15 is 0 Å². The number of esters is 2. The highest BCUT2D eigenvalue weighted by Gasteiger charge is 2.36. The van der Waals surface area contributed by atoms with E-state index in [2.05, 4.69) is 19.1 Å². The number of unbranched alkanes of at least 4 members (excludes halogenated alkanes) is 50. The Kier molecular flexibility index (Phi) is 52.2. The van der Waals surface area contributed by atoms with Crippen LogP contribution in [0.3, 0.4) is 0 Å². The number of ether oxygens (including phenoxy) is 2. The van der Waals surface area contributed by atoms with Gasteiger partial charge >= 0.3 is 11.9 Å². The Labute approximate surface area is 443 Å². The predicted molar refractivity (Wildman–Crippen MR) is 306 cm³/mol. The van der Waals surface area contributed by atoms with Gasteiger partial charge in [0.15, 0.2) is 0 Å². The molecule has 1 heterocycles. The number of carbonyl (C=O) groups is 2. The zero-order chi connectivity index (χ0) is 51.1. The summed E-state index contributed by atoms with van der Waals surface area (Å²) in [4.78, 5) is 24.7. The standard InChI is InChI=1S/C65H124O6/c1-2-3-4-5-6-7-8-9-10-11-12-13-14-15-16-17-18-19-20-21-22-23-24-25-26-27-28-29-30-31-32-33-34-35-36-37-38-39-40-41-42-43-44-45-46-47-48-49-50-51-52-53-54-55-56-62-57-63(68)70-60-65(58-66,59-67)61-71-64(62)69/h36-37,62,66-67H,2-35,38-61H2,1H3/b37-36+. The van der Waals surface area contributed by atoms with Crippen LogP contribution in [-0.2, 0) is 19.1 Å². The fraction of sp³-hybridized carbons (Fsp3) is 0.938. The van der Waals surface area contributed by atoms with Crippen LogP contribution in [0.5, 0.6) is 0 Å². The molecule has 0 bridgehead atoms. The maximum Gasteiger partial charge on any atom is 0.309 e. The SMILES string of the molecule is CCCCCCCCCCCCCCCCCCCCCCCCCCCCCCCCCCC/C=C/CCCCCCCCCCCCCCCCCCCC1CC(=O)OCC(CO)(CO)COC1=O. The summed E-state index contributed by atoms with van der Waals surface area (Å²) in [6, 6.07) is 0. The van der Waals surface area contributed by atoms with Gasteiger partial charge in [-0.25, -0.2) is 0 Å². The predicted octanol–water partition coefficient (Wildman–Crippen LogP) is 20.3. The molecular formula is C65H124O6. The largest absolute Gasteiger partial charge is 0.465 e. The minimum absolute atomic E-state index is 0.00360. The molecule has 1 aliphatic heterocycles. The molecule has 6 heteroatoms. The van der Waals surface area contributed by atoms with Gasteiger partial charge in [-0.15, -0.1) is 0 Å². The highest BCUT2D eigenvalue weighted by atomic mass is 16.6. The van der Waals surface area contributed by atoms with Crippen LogP contribution in [0, 0.1) is 11.3 Å². The van der Waals surface area contributed by atoms with Crippen molar-refractivity contribution < 1.29 is 29.3 Å². The molecule has 1 fully saturated rings. The van der Waals surface area contributed by atoms with Gasteiger partial charge in [0.25, 0.3) is 0 Å². The van der Waals surface area contributed by atoms with Crippen molar-refractivity contribution >= 4 is 11.9 Å². The Hall–Kier alpha value is -1.40. The Morgan fingerprint density at radius 3 is 0.873 bits per heavy atom. The number of cyclic esters (lactones) is 2. The number of rotatable bonds is 56. The minimum Gasteiger partial charge on any atom is -0.465 e. The fourth-order valence-corrected chi connectivity index (χ4v) is 10.8. The third-order valence-electron chi connectivity index (χ3n) is 16.0. The lowest BCUT2D eigenvalue weighted by molar-refractivity contribution is -0.155. The number of hydrogen-bond donors (Lipinski definition) is 2. The average molecular weight is 1000 g/mol. The second-order valence-corrected chi connectivity index (χ2v) is 23.1. The van der Waals surface area contributed by atoms with Gasteiger partial charge in [0.2, 0.25) is 0 Å². The Balaban J connectivity index is 1.68. The number of hydrogen-bond acceptors (Lipinski definition) is 6. The van der Waals surface area contributed by atoms with Crippen LogP contribution in [0.4, 0.5) is 0 Å². The van der Waals surface area contributed by atoms with Crippen LogP contribution >= 0.6 is 0 Å². The fourth-order valence-electron chi connectivity index (χ4n) is 10.8. The summed E-state index contributed by atoms with van der Waals surface area (Å²) in [7, 11) is 0. The molecule has 0 aliphatic carbocycles. The Morgan fingerprint density at radius 1 is 0.366 bits per heavy atom. The summed E-state index contributed by atoms with van der Waals surface area (Å²) in [6.45, 7) is 1.21. The first-order valence-electron chi connectivity index (χ1n) is 32.3. The van der Waals surface area contributed by atoms with Crippen LogP contribution in [0.2, 0.25) is 0 Å². The van der Waals surface area contributed by atoms with Crippen molar-refractivity contribution in [3.05, 3.63) is 12.2 Å². The molecule has 1 unspecified atom stereocenters. The summed E-state index contributed by atoms with van der Waals surface area (Å²) in [6.07, 6.45) is 78.7. The van der Waals surface area contributed by atoms with Crippen molar-refractivity contribution in [2.45, 2.75) is 354 Å². The van der Waals surface area contributed by atoms with Gasteiger partial charge in [0, 0.05) is 0 Å². The van der Waals surface area contributed by atoms with Gasteiger partial charge in [-0.1, -0.05) is 327 Å². The van der Waals surface area contributed by atoms with E-state index in [4.69, 9.17) is 9.47 Å². The first kappa shape index (κ1) is 67.6. The number of allylic oxidation sites excluding steroid dienone is 2. The van der Waals surface area contributed by atoms with Crippen molar-refractivity contribution in [3.8, 4) is 0 Å². The summed E-state index contributed by atoms with van der Waals surface area (Å²) >= 11 is 0. The van der Waals surface area contributed by atoms with Gasteiger partial charge in [-0.05, 0) is 32.1 Å². The van der Waals surface area contributed by atoms with Gasteiger partial charge in [-0.3, -0.25) is 9.59 Å². The molecule has 0 radical (unpaired) electrons. The molecule has 0 saturated carbocycles. The van der Waals surface area contributed by atoms with Crippen LogP contribution in [0.15, 0.2) is 12.2 Å². The summed E-state index contributed by atoms with van der Waals surface area (Å²) in [5.41, 5.74) is -1.12. The molecular weight excluding hydrogens is 877 g/mol. The molecule has 0 amide bonds. The molecule has 6 nitrogen and oxygen atoms in total. The maximum absolute atomic E-state index is 12.5. The van der Waals surface area contributed by atoms with Gasteiger partial charge < -0.3 is 19.7 Å². The van der Waals surface area contributed by atoms with Crippen molar-refractivity contribution in [1.82, 2.24) is 0 Å². The quantitative estimate of drug-likeness (QED) is 0.0358. The maximum atomic E-state index is 12.5. The minimum atomic E-state index is -1.12. The molecule has 420 valence electrons. The molecule has 1 aliphatic rings.